The highest BCUT2D eigenvalue weighted by molar-refractivity contribution is 7.92. The molecule has 0 radical (unpaired) electrons. The van der Waals surface area contributed by atoms with Gasteiger partial charge in [-0.15, -0.1) is 0 Å². The van der Waals surface area contributed by atoms with Gasteiger partial charge >= 0.3 is 0 Å². The minimum Gasteiger partial charge on any atom is -0.370 e. The lowest BCUT2D eigenvalue weighted by atomic mass is 9.99. The van der Waals surface area contributed by atoms with E-state index in [9.17, 15) is 8.42 Å². The fraction of sp³-hybridized carbons (Fsp3) is 0.450. The van der Waals surface area contributed by atoms with Gasteiger partial charge in [-0.3, -0.25) is 4.72 Å². The summed E-state index contributed by atoms with van der Waals surface area (Å²) in [5.74, 6) is 1.48. The third kappa shape index (κ3) is 4.36. The van der Waals surface area contributed by atoms with Crippen molar-refractivity contribution >= 4 is 21.5 Å². The summed E-state index contributed by atoms with van der Waals surface area (Å²) in [6, 6.07) is 10.7. The molecule has 0 saturated carbocycles. The van der Waals surface area contributed by atoms with E-state index in [0.717, 1.165) is 30.3 Å². The number of hydrogen-bond acceptors (Lipinski definition) is 4. The zero-order valence-electron chi connectivity index (χ0n) is 15.6. The van der Waals surface area contributed by atoms with Crippen LogP contribution in [-0.4, -0.2) is 26.5 Å². The van der Waals surface area contributed by atoms with Crippen molar-refractivity contribution < 1.29 is 8.42 Å². The van der Waals surface area contributed by atoms with Gasteiger partial charge < -0.3 is 4.90 Å². The Labute approximate surface area is 156 Å². The number of nitrogens with one attached hydrogen (secondary N) is 1. The summed E-state index contributed by atoms with van der Waals surface area (Å²) in [5, 5.41) is 0. The number of piperidine rings is 1. The van der Waals surface area contributed by atoms with Crippen molar-refractivity contribution in [2.75, 3.05) is 22.7 Å². The molecule has 26 heavy (non-hydrogen) atoms. The highest BCUT2D eigenvalue weighted by Gasteiger charge is 2.18. The van der Waals surface area contributed by atoms with Crippen LogP contribution in [0.25, 0.3) is 0 Å². The van der Waals surface area contributed by atoms with E-state index in [1.165, 1.54) is 12.8 Å². The summed E-state index contributed by atoms with van der Waals surface area (Å²) >= 11 is 0. The molecule has 1 aliphatic rings. The van der Waals surface area contributed by atoms with E-state index in [4.69, 9.17) is 0 Å². The Kier molecular flexibility index (Phi) is 5.51. The van der Waals surface area contributed by atoms with E-state index in [2.05, 4.69) is 35.4 Å². The van der Waals surface area contributed by atoms with Gasteiger partial charge in [-0.05, 0) is 54.5 Å². The third-order valence-corrected chi connectivity index (χ3v) is 6.36. The van der Waals surface area contributed by atoms with Crippen LogP contribution in [0, 0.1) is 5.92 Å². The Morgan fingerprint density at radius 2 is 1.73 bits per heavy atom. The first-order valence-electron chi connectivity index (χ1n) is 9.19. The lowest BCUT2D eigenvalue weighted by Gasteiger charge is -2.31. The summed E-state index contributed by atoms with van der Waals surface area (Å²) in [6.45, 7) is 8.49. The van der Waals surface area contributed by atoms with Gasteiger partial charge in [0.05, 0.1) is 16.8 Å². The molecular weight excluding hydrogens is 346 g/mol. The predicted octanol–water partition coefficient (Wildman–Crippen LogP) is 4.24. The Bertz CT molecular complexity index is 822. The van der Waals surface area contributed by atoms with Crippen LogP contribution in [-0.2, 0) is 10.0 Å². The summed E-state index contributed by atoms with van der Waals surface area (Å²) in [5.41, 5.74) is 2.16. The van der Waals surface area contributed by atoms with Gasteiger partial charge in [-0.2, -0.15) is 0 Å². The van der Waals surface area contributed by atoms with E-state index >= 15 is 0 Å². The van der Waals surface area contributed by atoms with Crippen molar-refractivity contribution in [2.45, 2.75) is 44.4 Å². The maximum Gasteiger partial charge on any atom is 0.263 e. The number of sulfonamides is 1. The van der Waals surface area contributed by atoms with E-state index in [1.54, 1.807) is 24.4 Å². The average Bonchev–Trinajstić information content (AvgIpc) is 2.63. The van der Waals surface area contributed by atoms with Gasteiger partial charge in [0, 0.05) is 13.1 Å². The van der Waals surface area contributed by atoms with Crippen molar-refractivity contribution in [3.63, 3.8) is 0 Å². The van der Waals surface area contributed by atoms with Crippen molar-refractivity contribution in [1.29, 1.82) is 0 Å². The summed E-state index contributed by atoms with van der Waals surface area (Å²) in [4.78, 5) is 6.85. The molecule has 1 aromatic heterocycles. The Morgan fingerprint density at radius 1 is 1.08 bits per heavy atom. The molecule has 1 aliphatic heterocycles. The average molecular weight is 374 g/mol. The second-order valence-electron chi connectivity index (χ2n) is 7.40. The standard InChI is InChI=1S/C20H27N3O2S/c1-15(2)17-4-7-19(8-5-17)26(24,25)22-20-9-6-18(14-21-20)23-12-10-16(3)11-13-23/h4-9,14-16H,10-13H2,1-3H3,(H,21,22). The molecule has 1 saturated heterocycles. The van der Waals surface area contributed by atoms with Crippen molar-refractivity contribution in [3.05, 3.63) is 48.2 Å². The lowest BCUT2D eigenvalue weighted by molar-refractivity contribution is 0.438. The van der Waals surface area contributed by atoms with Gasteiger partial charge in [-0.25, -0.2) is 13.4 Å². The molecule has 5 nitrogen and oxygen atoms in total. The molecule has 1 aromatic carbocycles. The molecule has 1 fully saturated rings. The molecule has 0 spiro atoms. The summed E-state index contributed by atoms with van der Waals surface area (Å²) < 4.78 is 27.7. The van der Waals surface area contributed by atoms with E-state index in [-0.39, 0.29) is 4.90 Å². The molecule has 6 heteroatoms. The van der Waals surface area contributed by atoms with Gasteiger partial charge in [0.15, 0.2) is 0 Å². The van der Waals surface area contributed by atoms with Crippen LogP contribution in [0.3, 0.4) is 0 Å². The van der Waals surface area contributed by atoms with E-state index in [1.807, 2.05) is 18.2 Å². The first-order chi connectivity index (χ1) is 12.3. The quantitative estimate of drug-likeness (QED) is 0.851. The molecule has 1 N–H and O–H groups in total. The number of anilines is 2. The van der Waals surface area contributed by atoms with Gasteiger partial charge in [0.1, 0.15) is 5.82 Å². The van der Waals surface area contributed by atoms with E-state index in [0.29, 0.717) is 11.7 Å². The second kappa shape index (κ2) is 7.66. The van der Waals surface area contributed by atoms with Crippen molar-refractivity contribution in [2.24, 2.45) is 5.92 Å². The lowest BCUT2D eigenvalue weighted by Crippen LogP contribution is -2.32. The maximum absolute atomic E-state index is 12.5. The summed E-state index contributed by atoms with van der Waals surface area (Å²) in [6.07, 6.45) is 4.11. The Morgan fingerprint density at radius 3 is 2.27 bits per heavy atom. The van der Waals surface area contributed by atoms with Gasteiger partial charge in [0.25, 0.3) is 10.0 Å². The molecule has 0 atom stereocenters. The van der Waals surface area contributed by atoms with E-state index < -0.39 is 10.0 Å². The molecule has 2 aromatic rings. The molecule has 3 rings (SSSR count). The molecule has 0 unspecified atom stereocenters. The monoisotopic (exact) mass is 373 g/mol. The first-order valence-corrected chi connectivity index (χ1v) is 10.7. The van der Waals surface area contributed by atoms with Crippen LogP contribution in [0.4, 0.5) is 11.5 Å². The molecule has 2 heterocycles. The number of hydrogen-bond donors (Lipinski definition) is 1. The molecule has 0 bridgehead atoms. The minimum atomic E-state index is -3.63. The molecular formula is C20H27N3O2S. The normalized spacial score (nSPS) is 16.1. The topological polar surface area (TPSA) is 62.3 Å². The van der Waals surface area contributed by atoms with Crippen LogP contribution in [0.1, 0.15) is 45.1 Å². The fourth-order valence-electron chi connectivity index (χ4n) is 3.13. The van der Waals surface area contributed by atoms with Crippen LogP contribution in [0.5, 0.6) is 0 Å². The number of pyridine rings is 1. The van der Waals surface area contributed by atoms with Crippen LogP contribution >= 0.6 is 0 Å². The van der Waals surface area contributed by atoms with Crippen molar-refractivity contribution in [1.82, 2.24) is 4.98 Å². The maximum atomic E-state index is 12.5. The van der Waals surface area contributed by atoms with Gasteiger partial charge in [0.2, 0.25) is 0 Å². The molecule has 140 valence electrons. The molecule has 0 aliphatic carbocycles. The number of aromatic nitrogens is 1. The van der Waals surface area contributed by atoms with Gasteiger partial charge in [-0.1, -0.05) is 32.9 Å². The zero-order valence-corrected chi connectivity index (χ0v) is 16.5. The number of nitrogens with zero attached hydrogens (tertiary/aromatic N) is 2. The SMILES string of the molecule is CC1CCN(c2ccc(NS(=O)(=O)c3ccc(C(C)C)cc3)nc2)CC1. The van der Waals surface area contributed by atoms with Crippen molar-refractivity contribution in [3.8, 4) is 0 Å². The Hall–Kier alpha value is -2.08. The van der Waals surface area contributed by atoms with Crippen LogP contribution in [0.15, 0.2) is 47.5 Å². The van der Waals surface area contributed by atoms with Crippen LogP contribution < -0.4 is 9.62 Å². The third-order valence-electron chi connectivity index (χ3n) is 4.99. The smallest absolute Gasteiger partial charge is 0.263 e. The molecule has 0 amide bonds. The Balaban J connectivity index is 1.69. The first kappa shape index (κ1) is 18.7. The number of rotatable bonds is 5. The summed E-state index contributed by atoms with van der Waals surface area (Å²) in [7, 11) is -3.63. The zero-order chi connectivity index (χ0) is 18.7. The highest BCUT2D eigenvalue weighted by Crippen LogP contribution is 2.24. The predicted molar refractivity (Wildman–Crippen MR) is 106 cm³/mol. The largest absolute Gasteiger partial charge is 0.370 e. The highest BCUT2D eigenvalue weighted by atomic mass is 32.2. The fourth-order valence-corrected chi connectivity index (χ4v) is 4.14. The second-order valence-corrected chi connectivity index (χ2v) is 9.08. The minimum absolute atomic E-state index is 0.248. The van der Waals surface area contributed by atoms with Crippen LogP contribution in [0.2, 0.25) is 0 Å². The number of benzene rings is 1.